The molecule has 0 rings (SSSR count). The normalized spacial score (nSPS) is 14.1. The van der Waals surface area contributed by atoms with Crippen molar-refractivity contribution in [1.29, 1.82) is 0 Å². The maximum atomic E-state index is 2.74. The van der Waals surface area contributed by atoms with Crippen LogP contribution < -0.4 is 0 Å². The van der Waals surface area contributed by atoms with Gasteiger partial charge in [0.2, 0.25) is 0 Å². The molecule has 0 heterocycles. The molecule has 0 aliphatic heterocycles. The predicted octanol–water partition coefficient (Wildman–Crippen LogP) is 22.7. The topological polar surface area (TPSA) is 0 Å². The summed E-state index contributed by atoms with van der Waals surface area (Å²) in [6, 6.07) is 30.8. The van der Waals surface area contributed by atoms with E-state index in [1.165, 1.54) is 116 Å². The first-order valence-electron chi connectivity index (χ1n) is 29.9. The third kappa shape index (κ3) is 14.1. The molecule has 7 heteroatoms. The molecule has 0 aromatic rings. The van der Waals surface area contributed by atoms with Gasteiger partial charge in [-0.15, -0.1) is 0 Å². The van der Waals surface area contributed by atoms with Crippen molar-refractivity contribution in [2.75, 3.05) is 0 Å². The van der Waals surface area contributed by atoms with Gasteiger partial charge in [0, 0.05) is 0 Å². The van der Waals surface area contributed by atoms with Crippen LogP contribution in [0.3, 0.4) is 0 Å². The zero-order chi connectivity index (χ0) is 48.2. The van der Waals surface area contributed by atoms with Crippen molar-refractivity contribution in [2.45, 2.75) is 347 Å². The first-order valence-corrected chi connectivity index (χ1v) is 47.3. The van der Waals surface area contributed by atoms with Gasteiger partial charge in [-0.05, 0) is 0 Å². The summed E-state index contributed by atoms with van der Waals surface area (Å²) in [5.74, 6) is 0. The van der Waals surface area contributed by atoms with E-state index in [2.05, 4.69) is 125 Å². The summed E-state index contributed by atoms with van der Waals surface area (Å²) in [7, 11) is -11.4. The quantitative estimate of drug-likeness (QED) is 0.0534. The van der Waals surface area contributed by atoms with Gasteiger partial charge in [0.1, 0.15) is 0 Å². The molecule has 0 nitrogen and oxygen atoms in total. The van der Waals surface area contributed by atoms with E-state index in [-0.39, 0.29) is 0 Å². The van der Waals surface area contributed by atoms with Crippen LogP contribution >= 0.6 is 0 Å². The van der Waals surface area contributed by atoms with Gasteiger partial charge < -0.3 is 0 Å². The SMILES string of the molecule is CCC[Si](CCC)(CCC)[C]([Yb][C]([Si](CCC)(CCC)CCC)([Si](CCC)(CCC)CCC)[Si](CCC)(CCC)CCC)([Si](CCC)(CCC)CCC)[Si](CCC)(CCC)CCC. The van der Waals surface area contributed by atoms with E-state index in [1.54, 1.807) is 109 Å². The Morgan fingerprint density at radius 2 is 0.254 bits per heavy atom. The van der Waals surface area contributed by atoms with Gasteiger partial charge in [0.15, 0.2) is 0 Å². The molecule has 0 atom stereocenters. The molecule has 0 aromatic heterocycles. The van der Waals surface area contributed by atoms with E-state index < -0.39 is 48.4 Å². The number of hydrogen-bond acceptors (Lipinski definition) is 0. The van der Waals surface area contributed by atoms with Gasteiger partial charge in [0.05, 0.1) is 0 Å². The van der Waals surface area contributed by atoms with Crippen molar-refractivity contribution >= 4 is 48.4 Å². The second-order valence-corrected chi connectivity index (χ2v) is 61.7. The van der Waals surface area contributed by atoms with Crippen LogP contribution in [0.1, 0.15) is 240 Å². The van der Waals surface area contributed by atoms with Gasteiger partial charge in [-0.2, -0.15) is 0 Å². The predicted molar refractivity (Wildman–Crippen MR) is 312 cm³/mol. The molecule has 0 saturated carbocycles. The second kappa shape index (κ2) is 34.2. The molecule has 0 amide bonds. The molecular weight excluding hydrogens is 1010 g/mol. The molecule has 0 aliphatic rings. The van der Waals surface area contributed by atoms with Crippen LogP contribution in [-0.2, 0) is 0 Å². The van der Waals surface area contributed by atoms with Crippen molar-refractivity contribution in [1.82, 2.24) is 0 Å². The van der Waals surface area contributed by atoms with Crippen LogP contribution in [0.5, 0.6) is 0 Å². The van der Waals surface area contributed by atoms with E-state index >= 15 is 0 Å². The van der Waals surface area contributed by atoms with E-state index in [4.69, 9.17) is 0 Å². The van der Waals surface area contributed by atoms with Crippen LogP contribution in [0.15, 0.2) is 0 Å². The molecule has 0 bridgehead atoms. The Labute approximate surface area is 433 Å². The van der Waals surface area contributed by atoms with Crippen molar-refractivity contribution in [3.63, 3.8) is 0 Å². The second-order valence-electron chi connectivity index (χ2n) is 22.4. The maximum absolute atomic E-state index is 2.74. The third-order valence-electron chi connectivity index (χ3n) is 17.3. The monoisotopic (exact) mass is 1140 g/mol. The van der Waals surface area contributed by atoms with Crippen LogP contribution in [0, 0.1) is 42.4 Å². The zero-order valence-electron chi connectivity index (χ0n) is 47.7. The summed E-state index contributed by atoms with van der Waals surface area (Å²) in [6.07, 6.45) is 26.8. The Kier molecular flexibility index (Phi) is 35.8. The molecule has 0 saturated heterocycles. The van der Waals surface area contributed by atoms with Crippen molar-refractivity contribution in [3.05, 3.63) is 0 Å². The fourth-order valence-electron chi connectivity index (χ4n) is 17.7. The van der Waals surface area contributed by atoms with Crippen molar-refractivity contribution in [2.24, 2.45) is 0 Å². The first-order chi connectivity index (χ1) is 30.3. The summed E-state index contributed by atoms with van der Waals surface area (Å²) in [5.41, 5.74) is 0. The molecule has 0 N–H and O–H groups in total. The van der Waals surface area contributed by atoms with Gasteiger partial charge in [-0.25, -0.2) is 0 Å². The minimum absolute atomic E-state index is 0.813. The van der Waals surface area contributed by atoms with Gasteiger partial charge in [-0.3, -0.25) is 0 Å². The summed E-state index contributed by atoms with van der Waals surface area (Å²) >= 11 is 0.909. The first kappa shape index (κ1) is 65.8. The number of hydrogen-bond donors (Lipinski definition) is 0. The fourth-order valence-corrected chi connectivity index (χ4v) is 116. The molecule has 0 fully saturated rings. The molecule has 0 aliphatic carbocycles. The van der Waals surface area contributed by atoms with E-state index in [1.807, 2.05) is 0 Å². The summed E-state index contributed by atoms with van der Waals surface area (Å²) in [6.45, 7) is 49.3. The Morgan fingerprint density at radius 3 is 0.317 bits per heavy atom. The zero-order valence-corrected chi connectivity index (χ0v) is 55.4. The molecule has 63 heavy (non-hydrogen) atoms. The van der Waals surface area contributed by atoms with E-state index in [0.29, 0.717) is 0 Å². The molecule has 0 spiro atoms. The number of rotatable bonds is 44. The Hall–Kier alpha value is 2.82. The van der Waals surface area contributed by atoms with Crippen molar-refractivity contribution < 1.29 is 42.4 Å². The molecule has 388 valence electrons. The minimum atomic E-state index is -1.91. The summed E-state index contributed by atoms with van der Waals surface area (Å²) < 4.78 is 1.63. The summed E-state index contributed by atoms with van der Waals surface area (Å²) in [5, 5.41) is 0. The average molecular weight is 1140 g/mol. The van der Waals surface area contributed by atoms with Gasteiger partial charge >= 0.3 is 438 Å². The van der Waals surface area contributed by atoms with Crippen LogP contribution in [-0.4, -0.2) is 48.4 Å². The van der Waals surface area contributed by atoms with Crippen LogP contribution in [0.25, 0.3) is 0 Å². The van der Waals surface area contributed by atoms with Gasteiger partial charge in [-0.1, -0.05) is 0 Å². The average Bonchev–Trinajstić information content (AvgIpc) is 3.23. The van der Waals surface area contributed by atoms with Gasteiger partial charge in [0.25, 0.3) is 0 Å². The molecule has 0 radical (unpaired) electrons. The standard InChI is InChI=1S/2C28H63Si3.Yb/c2*1-10-19-29(20-11-2,21-12-3)28(30(22-13-4,23-14-5)24-15-6)31(25-16-7,26-17-8)27-18-9;/h2*10-27H2,1-9H3;. The van der Waals surface area contributed by atoms with Crippen molar-refractivity contribution in [3.8, 4) is 0 Å². The van der Waals surface area contributed by atoms with Crippen LogP contribution in [0.2, 0.25) is 107 Å². The Balaban J connectivity index is 11.5. The van der Waals surface area contributed by atoms with Crippen LogP contribution in [0.4, 0.5) is 0 Å². The Morgan fingerprint density at radius 1 is 0.175 bits per heavy atom. The van der Waals surface area contributed by atoms with E-state index in [9.17, 15) is 0 Å². The molecular formula is C56H126Si6Yb. The fraction of sp³-hybridized carbons (Fsp3) is 1.00. The molecule has 0 aromatic carbocycles. The molecule has 0 unspecified atom stereocenters. The third-order valence-corrected chi connectivity index (χ3v) is 91.4. The Bertz CT molecular complexity index is 794. The van der Waals surface area contributed by atoms with E-state index in [0.717, 1.165) is 40.4 Å². The summed E-state index contributed by atoms with van der Waals surface area (Å²) in [4.78, 5) is 0.